The molecule has 5 N–H and O–H groups in total. The lowest BCUT2D eigenvalue weighted by Gasteiger charge is -2.38. The standard InChI is InChI=1S/C17H19N5O3S/c1-16(2)17(15(18)23,12-8-7-10-5-3-4-6-11(10)12)22-14(25-16)13(9-21-22)26(19,20)24/h3-6,8-9H,7H2,1-2H3,(H2,18,23)(H3,19,20,24). The largest absolute Gasteiger partial charge is 0.467 e. The number of hydrogen-bond donors (Lipinski definition) is 3. The molecule has 1 aromatic carbocycles. The summed E-state index contributed by atoms with van der Waals surface area (Å²) in [6.45, 7) is 3.44. The van der Waals surface area contributed by atoms with Gasteiger partial charge in [-0.2, -0.15) is 5.10 Å². The lowest BCUT2D eigenvalue weighted by Crippen LogP contribution is -2.59. The first-order valence-electron chi connectivity index (χ1n) is 8.03. The van der Waals surface area contributed by atoms with Gasteiger partial charge in [0.25, 0.3) is 5.91 Å². The molecule has 9 heteroatoms. The zero-order valence-corrected chi connectivity index (χ0v) is 15.2. The van der Waals surface area contributed by atoms with Crippen LogP contribution in [-0.4, -0.2) is 25.5 Å². The number of allylic oxidation sites excluding steroid dienone is 1. The van der Waals surface area contributed by atoms with Gasteiger partial charge < -0.3 is 10.5 Å². The number of carbonyl (C=O) groups excluding carboxylic acids is 1. The molecule has 2 aromatic rings. The van der Waals surface area contributed by atoms with Gasteiger partial charge in [0, 0.05) is 0 Å². The minimum Gasteiger partial charge on any atom is -0.467 e. The zero-order valence-electron chi connectivity index (χ0n) is 14.4. The van der Waals surface area contributed by atoms with Crippen molar-refractivity contribution in [3.05, 3.63) is 47.7 Å². The molecule has 136 valence electrons. The number of nitrogens with zero attached hydrogens (tertiary/aromatic N) is 2. The molecule has 0 saturated carbocycles. The van der Waals surface area contributed by atoms with Crippen LogP contribution in [-0.2, 0) is 26.7 Å². The Morgan fingerprint density at radius 1 is 1.38 bits per heavy atom. The van der Waals surface area contributed by atoms with Crippen LogP contribution in [0.15, 0.2) is 41.4 Å². The quantitative estimate of drug-likeness (QED) is 0.743. The third-order valence-electron chi connectivity index (χ3n) is 5.14. The van der Waals surface area contributed by atoms with Crippen LogP contribution in [0.25, 0.3) is 5.57 Å². The summed E-state index contributed by atoms with van der Waals surface area (Å²) in [5.74, 6) is -0.603. The summed E-state index contributed by atoms with van der Waals surface area (Å²) < 4.78 is 27.1. The van der Waals surface area contributed by atoms with Crippen molar-refractivity contribution in [2.45, 2.75) is 36.3 Å². The second kappa shape index (κ2) is 4.95. The van der Waals surface area contributed by atoms with E-state index >= 15 is 0 Å². The van der Waals surface area contributed by atoms with E-state index in [1.807, 2.05) is 30.3 Å². The molecule has 2 unspecified atom stereocenters. The van der Waals surface area contributed by atoms with Gasteiger partial charge in [-0.25, -0.2) is 18.8 Å². The van der Waals surface area contributed by atoms with Crippen molar-refractivity contribution >= 4 is 21.4 Å². The molecule has 0 bridgehead atoms. The molecule has 1 aliphatic carbocycles. The SMILES string of the molecule is CC1(C)Oc2c(S(=N)(N)=O)cnn2C1(C(N)=O)C1=CCc2ccccc21. The molecule has 0 spiro atoms. The molecule has 0 saturated heterocycles. The summed E-state index contributed by atoms with van der Waals surface area (Å²) in [7, 11) is -3.57. The van der Waals surface area contributed by atoms with E-state index in [1.165, 1.54) is 10.9 Å². The van der Waals surface area contributed by atoms with E-state index < -0.39 is 27.0 Å². The van der Waals surface area contributed by atoms with Crippen LogP contribution in [0.4, 0.5) is 0 Å². The third kappa shape index (κ3) is 1.89. The van der Waals surface area contributed by atoms with Gasteiger partial charge in [0.1, 0.15) is 20.4 Å². The average molecular weight is 373 g/mol. The fraction of sp³-hybridized carbons (Fsp3) is 0.294. The topological polar surface area (TPSA) is 137 Å². The summed E-state index contributed by atoms with van der Waals surface area (Å²) in [4.78, 5) is 12.8. The molecule has 2 heterocycles. The first-order chi connectivity index (χ1) is 12.1. The first-order valence-corrected chi connectivity index (χ1v) is 9.65. The maximum Gasteiger partial charge on any atom is 0.254 e. The number of nitrogens with two attached hydrogens (primary N) is 2. The minimum atomic E-state index is -3.57. The van der Waals surface area contributed by atoms with E-state index in [0.29, 0.717) is 12.0 Å². The number of fused-ring (bicyclic) bond motifs is 2. The summed E-state index contributed by atoms with van der Waals surface area (Å²) in [5, 5.41) is 9.71. The predicted molar refractivity (Wildman–Crippen MR) is 95.5 cm³/mol. The Morgan fingerprint density at radius 3 is 2.73 bits per heavy atom. The fourth-order valence-corrected chi connectivity index (χ4v) is 4.62. The average Bonchev–Trinajstić information content (AvgIpc) is 3.17. The number of carbonyl (C=O) groups is 1. The van der Waals surface area contributed by atoms with Crippen LogP contribution < -0.4 is 15.6 Å². The predicted octanol–water partition coefficient (Wildman–Crippen LogP) is 1.15. The Kier molecular flexibility index (Phi) is 3.20. The molecule has 1 aromatic heterocycles. The maximum atomic E-state index is 12.8. The molecule has 0 fully saturated rings. The van der Waals surface area contributed by atoms with Gasteiger partial charge in [0.2, 0.25) is 11.4 Å². The van der Waals surface area contributed by atoms with Crippen LogP contribution in [0.2, 0.25) is 0 Å². The fourth-order valence-electron chi connectivity index (χ4n) is 4.03. The maximum absolute atomic E-state index is 12.8. The molecular weight excluding hydrogens is 354 g/mol. The van der Waals surface area contributed by atoms with E-state index in [9.17, 15) is 9.00 Å². The smallest absolute Gasteiger partial charge is 0.254 e. The number of aromatic nitrogens is 2. The molecule has 26 heavy (non-hydrogen) atoms. The number of hydrogen-bond acceptors (Lipinski definition) is 5. The second-order valence-corrected chi connectivity index (χ2v) is 8.63. The Balaban J connectivity index is 2.05. The zero-order chi connectivity index (χ0) is 18.9. The molecule has 2 atom stereocenters. The third-order valence-corrected chi connectivity index (χ3v) is 6.07. The van der Waals surface area contributed by atoms with Crippen molar-refractivity contribution in [1.29, 1.82) is 4.78 Å². The highest BCUT2D eigenvalue weighted by molar-refractivity contribution is 7.90. The molecule has 1 amide bonds. The van der Waals surface area contributed by atoms with Crippen LogP contribution in [0.3, 0.4) is 0 Å². The summed E-state index contributed by atoms with van der Waals surface area (Å²) in [6.07, 6.45) is 3.81. The van der Waals surface area contributed by atoms with Crippen LogP contribution in [0, 0.1) is 4.78 Å². The van der Waals surface area contributed by atoms with Crippen molar-refractivity contribution in [1.82, 2.24) is 9.78 Å². The number of ether oxygens (including phenoxy) is 1. The Morgan fingerprint density at radius 2 is 2.08 bits per heavy atom. The van der Waals surface area contributed by atoms with E-state index in [1.54, 1.807) is 13.8 Å². The first kappa shape index (κ1) is 16.8. The Bertz CT molecular complexity index is 1080. The van der Waals surface area contributed by atoms with E-state index in [0.717, 1.165) is 11.1 Å². The molecule has 4 rings (SSSR count). The van der Waals surface area contributed by atoms with Crippen molar-refractivity contribution in [2.75, 3.05) is 0 Å². The highest BCUT2D eigenvalue weighted by Crippen LogP contribution is 2.54. The van der Waals surface area contributed by atoms with E-state index in [-0.39, 0.29) is 10.8 Å². The van der Waals surface area contributed by atoms with Crippen LogP contribution in [0.5, 0.6) is 5.88 Å². The highest BCUT2D eigenvalue weighted by Gasteiger charge is 2.64. The molecule has 1 aliphatic heterocycles. The van der Waals surface area contributed by atoms with Gasteiger partial charge in [-0.15, -0.1) is 0 Å². The summed E-state index contributed by atoms with van der Waals surface area (Å²) in [5.41, 5.74) is 6.00. The van der Waals surface area contributed by atoms with Gasteiger partial charge in [-0.3, -0.25) is 4.79 Å². The van der Waals surface area contributed by atoms with E-state index in [2.05, 4.69) is 5.10 Å². The van der Waals surface area contributed by atoms with Crippen molar-refractivity contribution in [3.63, 3.8) is 0 Å². The summed E-state index contributed by atoms with van der Waals surface area (Å²) in [6, 6.07) is 7.74. The van der Waals surface area contributed by atoms with Crippen LogP contribution in [0.1, 0.15) is 25.0 Å². The minimum absolute atomic E-state index is 0.0431. The molecule has 8 nitrogen and oxygen atoms in total. The molecule has 0 radical (unpaired) electrons. The van der Waals surface area contributed by atoms with Gasteiger partial charge in [-0.1, -0.05) is 30.3 Å². The van der Waals surface area contributed by atoms with Gasteiger partial charge >= 0.3 is 0 Å². The number of benzene rings is 1. The van der Waals surface area contributed by atoms with Crippen molar-refractivity contribution in [3.8, 4) is 5.88 Å². The van der Waals surface area contributed by atoms with Crippen LogP contribution >= 0.6 is 0 Å². The summed E-state index contributed by atoms with van der Waals surface area (Å²) >= 11 is 0. The molecule has 2 aliphatic rings. The number of rotatable bonds is 3. The van der Waals surface area contributed by atoms with Gasteiger partial charge in [0.05, 0.1) is 6.20 Å². The Labute approximate surface area is 150 Å². The molecular formula is C17H19N5O3S. The normalized spacial score (nSPS) is 25.0. The number of amides is 1. The second-order valence-electron chi connectivity index (χ2n) is 6.99. The lowest BCUT2D eigenvalue weighted by molar-refractivity contribution is -0.128. The number of primary amides is 1. The number of nitrogens with one attached hydrogen (secondary N) is 1. The Hall–Kier alpha value is -2.65. The monoisotopic (exact) mass is 373 g/mol. The lowest BCUT2D eigenvalue weighted by atomic mass is 9.74. The van der Waals surface area contributed by atoms with Crippen molar-refractivity contribution in [2.24, 2.45) is 10.9 Å². The van der Waals surface area contributed by atoms with Gasteiger partial charge in [-0.05, 0) is 37.0 Å². The van der Waals surface area contributed by atoms with Gasteiger partial charge in [0.15, 0.2) is 0 Å². The van der Waals surface area contributed by atoms with E-state index in [4.69, 9.17) is 20.4 Å². The van der Waals surface area contributed by atoms with Crippen molar-refractivity contribution < 1.29 is 13.7 Å². The highest BCUT2D eigenvalue weighted by atomic mass is 32.2.